The summed E-state index contributed by atoms with van der Waals surface area (Å²) in [5.41, 5.74) is 8.14. The lowest BCUT2D eigenvalue weighted by atomic mass is 10.1. The Hall–Kier alpha value is -1.36. The average molecular weight is 342 g/mol. The Morgan fingerprint density at radius 3 is 2.68 bits per heavy atom. The van der Waals surface area contributed by atoms with Crippen LogP contribution in [0.3, 0.4) is 0 Å². The topological polar surface area (TPSA) is 68.0 Å². The highest BCUT2D eigenvalue weighted by Gasteiger charge is 2.26. The summed E-state index contributed by atoms with van der Waals surface area (Å²) in [5, 5.41) is 3.85. The second-order valence-electron chi connectivity index (χ2n) is 5.28. The number of carbonyl (C=O) groups is 1. The summed E-state index contributed by atoms with van der Waals surface area (Å²) in [6.07, 6.45) is 3.16. The van der Waals surface area contributed by atoms with Crippen molar-refractivity contribution in [3.63, 3.8) is 0 Å². The molecular formula is C16H21Cl2N3O. The molecule has 0 radical (unpaired) electrons. The van der Waals surface area contributed by atoms with E-state index in [1.165, 1.54) is 12.8 Å². The number of hydrogen-bond donors (Lipinski definition) is 2. The monoisotopic (exact) mass is 341 g/mol. The van der Waals surface area contributed by atoms with Crippen molar-refractivity contribution >= 4 is 41.6 Å². The number of pyridine rings is 1. The van der Waals surface area contributed by atoms with Crippen LogP contribution < -0.4 is 11.1 Å². The maximum Gasteiger partial charge on any atom is 0.252 e. The molecule has 0 spiro atoms. The van der Waals surface area contributed by atoms with Crippen LogP contribution in [-0.2, 0) is 0 Å². The summed E-state index contributed by atoms with van der Waals surface area (Å²) >= 11 is 0. The van der Waals surface area contributed by atoms with Gasteiger partial charge in [-0.2, -0.15) is 0 Å². The lowest BCUT2D eigenvalue weighted by Gasteiger charge is -2.09. The summed E-state index contributed by atoms with van der Waals surface area (Å²) in [7, 11) is 0. The molecule has 3 N–H and O–H groups in total. The summed E-state index contributed by atoms with van der Waals surface area (Å²) in [6.45, 7) is 1.20. The van der Waals surface area contributed by atoms with Crippen LogP contribution in [0.4, 0.5) is 0 Å². The second-order valence-corrected chi connectivity index (χ2v) is 5.28. The van der Waals surface area contributed by atoms with Crippen molar-refractivity contribution in [3.8, 4) is 0 Å². The Kier molecular flexibility index (Phi) is 7.07. The number of fused-ring (bicyclic) bond motifs is 1. The van der Waals surface area contributed by atoms with Gasteiger partial charge in [0.25, 0.3) is 5.91 Å². The van der Waals surface area contributed by atoms with Gasteiger partial charge in [0.1, 0.15) is 0 Å². The van der Waals surface area contributed by atoms with Crippen LogP contribution in [-0.4, -0.2) is 24.0 Å². The SMILES string of the molecule is Cl.Cl.NCCCNC(=O)c1cc(C2CC2)nc2ccccc12. The maximum atomic E-state index is 12.3. The van der Waals surface area contributed by atoms with Crippen LogP contribution in [0.1, 0.15) is 41.2 Å². The molecule has 1 amide bonds. The predicted octanol–water partition coefficient (Wildman–Crippen LogP) is 3.03. The molecule has 0 saturated heterocycles. The van der Waals surface area contributed by atoms with Gasteiger partial charge in [0.2, 0.25) is 0 Å². The third-order valence-electron chi connectivity index (χ3n) is 3.64. The largest absolute Gasteiger partial charge is 0.352 e. The van der Waals surface area contributed by atoms with Gasteiger partial charge in [-0.15, -0.1) is 24.8 Å². The van der Waals surface area contributed by atoms with E-state index >= 15 is 0 Å². The van der Waals surface area contributed by atoms with E-state index in [1.807, 2.05) is 30.3 Å². The molecule has 2 aromatic rings. The van der Waals surface area contributed by atoms with E-state index in [2.05, 4.69) is 10.3 Å². The number of rotatable bonds is 5. The van der Waals surface area contributed by atoms with E-state index in [0.29, 0.717) is 19.0 Å². The Labute approximate surface area is 142 Å². The van der Waals surface area contributed by atoms with Gasteiger partial charge in [-0.05, 0) is 37.9 Å². The van der Waals surface area contributed by atoms with Gasteiger partial charge in [-0.1, -0.05) is 18.2 Å². The molecule has 6 heteroatoms. The molecule has 0 atom stereocenters. The quantitative estimate of drug-likeness (QED) is 0.821. The molecule has 1 aromatic heterocycles. The zero-order valence-corrected chi connectivity index (χ0v) is 13.9. The zero-order chi connectivity index (χ0) is 13.9. The van der Waals surface area contributed by atoms with Crippen LogP contribution in [0.5, 0.6) is 0 Å². The number of halogens is 2. The molecule has 1 aliphatic rings. The number of para-hydroxylation sites is 1. The van der Waals surface area contributed by atoms with E-state index < -0.39 is 0 Å². The fourth-order valence-electron chi connectivity index (χ4n) is 2.37. The molecule has 1 fully saturated rings. The molecule has 4 nitrogen and oxygen atoms in total. The van der Waals surface area contributed by atoms with Crippen LogP contribution >= 0.6 is 24.8 Å². The summed E-state index contributed by atoms with van der Waals surface area (Å²) in [6, 6.07) is 9.78. The number of nitrogens with two attached hydrogens (primary N) is 1. The van der Waals surface area contributed by atoms with Crippen LogP contribution in [0, 0.1) is 0 Å². The Morgan fingerprint density at radius 1 is 1.27 bits per heavy atom. The minimum absolute atomic E-state index is 0. The van der Waals surface area contributed by atoms with E-state index in [4.69, 9.17) is 5.73 Å². The Balaban J connectivity index is 0.00000121. The number of nitrogens with zero attached hydrogens (tertiary/aromatic N) is 1. The molecular weight excluding hydrogens is 321 g/mol. The average Bonchev–Trinajstić information content (AvgIpc) is 3.31. The van der Waals surface area contributed by atoms with Gasteiger partial charge in [0.05, 0.1) is 11.1 Å². The molecule has 1 saturated carbocycles. The third-order valence-corrected chi connectivity index (χ3v) is 3.64. The van der Waals surface area contributed by atoms with Crippen molar-refractivity contribution < 1.29 is 4.79 Å². The van der Waals surface area contributed by atoms with Crippen molar-refractivity contribution in [1.82, 2.24) is 10.3 Å². The van der Waals surface area contributed by atoms with E-state index in [9.17, 15) is 4.79 Å². The highest BCUT2D eigenvalue weighted by Crippen LogP contribution is 2.40. The number of hydrogen-bond acceptors (Lipinski definition) is 3. The summed E-state index contributed by atoms with van der Waals surface area (Å²) in [4.78, 5) is 17.0. The molecule has 0 aliphatic heterocycles. The first-order valence-corrected chi connectivity index (χ1v) is 7.17. The van der Waals surface area contributed by atoms with Crippen molar-refractivity contribution in [2.24, 2.45) is 5.73 Å². The fraction of sp³-hybridized carbons (Fsp3) is 0.375. The molecule has 3 rings (SSSR count). The summed E-state index contributed by atoms with van der Waals surface area (Å²) < 4.78 is 0. The maximum absolute atomic E-state index is 12.3. The third kappa shape index (κ3) is 4.09. The van der Waals surface area contributed by atoms with Gasteiger partial charge in [0, 0.05) is 23.5 Å². The molecule has 1 aliphatic carbocycles. The minimum atomic E-state index is -0.0287. The first-order valence-electron chi connectivity index (χ1n) is 7.17. The number of nitrogens with one attached hydrogen (secondary N) is 1. The standard InChI is InChI=1S/C16H19N3O.2ClH/c17-8-3-9-18-16(20)13-10-15(11-6-7-11)19-14-5-2-1-4-12(13)14;;/h1-2,4-5,10-11H,3,6-9,17H2,(H,18,20);2*1H. The van der Waals surface area contributed by atoms with Gasteiger partial charge in [-0.25, -0.2) is 0 Å². The Bertz CT molecular complexity index is 644. The lowest BCUT2D eigenvalue weighted by molar-refractivity contribution is 0.0955. The van der Waals surface area contributed by atoms with Gasteiger partial charge >= 0.3 is 0 Å². The van der Waals surface area contributed by atoms with E-state index in [0.717, 1.165) is 28.6 Å². The normalized spacial score (nSPS) is 13.1. The molecule has 120 valence electrons. The smallest absolute Gasteiger partial charge is 0.252 e. The van der Waals surface area contributed by atoms with E-state index in [1.54, 1.807) is 0 Å². The van der Waals surface area contributed by atoms with Gasteiger partial charge < -0.3 is 11.1 Å². The van der Waals surface area contributed by atoms with Crippen molar-refractivity contribution in [1.29, 1.82) is 0 Å². The van der Waals surface area contributed by atoms with Gasteiger partial charge in [0.15, 0.2) is 0 Å². The lowest BCUT2D eigenvalue weighted by Crippen LogP contribution is -2.26. The molecule has 1 aromatic carbocycles. The first-order chi connectivity index (χ1) is 9.79. The fourth-order valence-corrected chi connectivity index (χ4v) is 2.37. The van der Waals surface area contributed by atoms with Crippen molar-refractivity contribution in [2.75, 3.05) is 13.1 Å². The van der Waals surface area contributed by atoms with Crippen LogP contribution in [0.25, 0.3) is 10.9 Å². The number of benzene rings is 1. The highest BCUT2D eigenvalue weighted by molar-refractivity contribution is 6.06. The number of aromatic nitrogens is 1. The van der Waals surface area contributed by atoms with Crippen molar-refractivity contribution in [3.05, 3.63) is 41.6 Å². The molecule has 22 heavy (non-hydrogen) atoms. The highest BCUT2D eigenvalue weighted by atomic mass is 35.5. The van der Waals surface area contributed by atoms with Gasteiger partial charge in [-0.3, -0.25) is 9.78 Å². The molecule has 1 heterocycles. The number of carbonyl (C=O) groups excluding carboxylic acids is 1. The van der Waals surface area contributed by atoms with Crippen molar-refractivity contribution in [2.45, 2.75) is 25.2 Å². The molecule has 0 bridgehead atoms. The molecule has 0 unspecified atom stereocenters. The number of amides is 1. The minimum Gasteiger partial charge on any atom is -0.352 e. The van der Waals surface area contributed by atoms with Crippen LogP contribution in [0.2, 0.25) is 0 Å². The second kappa shape index (κ2) is 8.32. The predicted molar refractivity (Wildman–Crippen MR) is 94.2 cm³/mol. The summed E-state index contributed by atoms with van der Waals surface area (Å²) in [5.74, 6) is 0.508. The zero-order valence-electron chi connectivity index (χ0n) is 12.2. The van der Waals surface area contributed by atoms with E-state index in [-0.39, 0.29) is 30.7 Å². The van der Waals surface area contributed by atoms with Crippen LogP contribution in [0.15, 0.2) is 30.3 Å². The first kappa shape index (κ1) is 18.7. The Morgan fingerprint density at radius 2 is 2.00 bits per heavy atom.